The van der Waals surface area contributed by atoms with Gasteiger partial charge in [0, 0.05) is 0 Å². The minimum Gasteiger partial charge on any atom is -0.290 e. The maximum Gasteiger partial charge on any atom is 0.356 e. The van der Waals surface area contributed by atoms with E-state index in [4.69, 9.17) is 5.73 Å². The molecule has 0 atom stereocenters. The summed E-state index contributed by atoms with van der Waals surface area (Å²) in [7, 11) is 0. The van der Waals surface area contributed by atoms with Gasteiger partial charge in [-0.15, -0.1) is 0 Å². The Morgan fingerprint density at radius 1 is 0.792 bits per heavy atom. The lowest BCUT2D eigenvalue weighted by atomic mass is 10.0. The van der Waals surface area contributed by atoms with Crippen molar-refractivity contribution in [2.45, 2.75) is 41.5 Å². The summed E-state index contributed by atoms with van der Waals surface area (Å²) in [5.41, 5.74) is 16.9. The Balaban J connectivity index is 2.12. The van der Waals surface area contributed by atoms with E-state index in [1.807, 2.05) is 0 Å². The van der Waals surface area contributed by atoms with Gasteiger partial charge in [-0.3, -0.25) is 5.73 Å². The van der Waals surface area contributed by atoms with Crippen LogP contribution < -0.4 is 10.6 Å². The van der Waals surface area contributed by atoms with Gasteiger partial charge in [-0.1, -0.05) is 35.4 Å². The molecule has 3 heteroatoms. The van der Waals surface area contributed by atoms with Gasteiger partial charge in [-0.05, 0) is 63.8 Å². The zero-order valence-corrected chi connectivity index (χ0v) is 15.7. The second-order valence-electron chi connectivity index (χ2n) is 7.16. The molecule has 0 spiro atoms. The van der Waals surface area contributed by atoms with Crippen molar-refractivity contribution in [3.05, 3.63) is 57.6 Å². The molecule has 2 aromatic rings. The summed E-state index contributed by atoms with van der Waals surface area (Å²) in [6.07, 6.45) is 0. The quantitative estimate of drug-likeness (QED) is 0.847. The fourth-order valence-corrected chi connectivity index (χ4v) is 4.22. The Labute approximate surface area is 145 Å². The third-order valence-electron chi connectivity index (χ3n) is 4.91. The fraction of sp³-hybridized carbons (Fsp3) is 0.381. The van der Waals surface area contributed by atoms with Crippen molar-refractivity contribution in [2.24, 2.45) is 5.73 Å². The van der Waals surface area contributed by atoms with Gasteiger partial charge in [0.2, 0.25) is 0 Å². The molecule has 0 amide bonds. The van der Waals surface area contributed by atoms with Gasteiger partial charge in [0.1, 0.15) is 24.5 Å². The van der Waals surface area contributed by atoms with E-state index in [0.29, 0.717) is 0 Å². The number of guanidine groups is 1. The largest absolute Gasteiger partial charge is 0.356 e. The monoisotopic (exact) mass is 322 g/mol. The van der Waals surface area contributed by atoms with Gasteiger partial charge in [0.15, 0.2) is 0 Å². The van der Waals surface area contributed by atoms with Crippen LogP contribution in [0.5, 0.6) is 0 Å². The molecule has 0 fully saturated rings. The van der Waals surface area contributed by atoms with Crippen LogP contribution >= 0.6 is 0 Å². The number of hydrogen-bond acceptors (Lipinski definition) is 2. The van der Waals surface area contributed by atoms with Gasteiger partial charge in [-0.2, -0.15) is 0 Å². The lowest BCUT2D eigenvalue weighted by Crippen LogP contribution is -2.37. The molecule has 2 aromatic carbocycles. The number of aryl methyl sites for hydroxylation is 6. The summed E-state index contributed by atoms with van der Waals surface area (Å²) in [4.78, 5) is 2.27. The Hall–Kier alpha value is -2.29. The van der Waals surface area contributed by atoms with Crippen molar-refractivity contribution in [1.29, 1.82) is 0 Å². The van der Waals surface area contributed by atoms with E-state index in [1.165, 1.54) is 44.8 Å². The van der Waals surface area contributed by atoms with Crippen molar-refractivity contribution in [3.8, 4) is 0 Å². The van der Waals surface area contributed by atoms with Crippen LogP contribution in [0.1, 0.15) is 33.4 Å². The molecule has 0 aromatic heterocycles. The number of rotatable bonds is 2. The van der Waals surface area contributed by atoms with Crippen LogP contribution in [0.2, 0.25) is 0 Å². The first-order chi connectivity index (χ1) is 11.3. The topological polar surface area (TPSA) is 32.3 Å². The molecule has 0 saturated heterocycles. The first kappa shape index (κ1) is 16.6. The van der Waals surface area contributed by atoms with Crippen molar-refractivity contribution in [3.63, 3.8) is 0 Å². The molecular formula is C21H28N3+. The zero-order chi connectivity index (χ0) is 17.6. The Morgan fingerprint density at radius 2 is 1.25 bits per heavy atom. The third-order valence-corrected chi connectivity index (χ3v) is 4.91. The van der Waals surface area contributed by atoms with Crippen LogP contribution in [-0.2, 0) is 0 Å². The number of anilines is 1. The highest BCUT2D eigenvalue weighted by atomic mass is 15.4. The number of benzene rings is 2. The van der Waals surface area contributed by atoms with Gasteiger partial charge in [-0.25, -0.2) is 9.48 Å². The van der Waals surface area contributed by atoms with Gasteiger partial charge >= 0.3 is 5.96 Å². The van der Waals surface area contributed by atoms with E-state index in [0.717, 1.165) is 19.0 Å². The highest BCUT2D eigenvalue weighted by Gasteiger charge is 2.32. The molecule has 1 aliphatic heterocycles. The fourth-order valence-electron chi connectivity index (χ4n) is 4.22. The lowest BCUT2D eigenvalue weighted by molar-refractivity contribution is -0.430. The first-order valence-corrected chi connectivity index (χ1v) is 8.62. The van der Waals surface area contributed by atoms with E-state index < -0.39 is 0 Å². The predicted octanol–water partition coefficient (Wildman–Crippen LogP) is 4.02. The molecular weight excluding hydrogens is 294 g/mol. The Bertz CT molecular complexity index is 800. The molecule has 2 N–H and O–H groups in total. The molecule has 3 rings (SSSR count). The number of nitrogens with zero attached hydrogens (tertiary/aromatic N) is 2. The molecule has 0 saturated carbocycles. The Kier molecular flexibility index (Phi) is 4.12. The van der Waals surface area contributed by atoms with Crippen LogP contribution in [-0.4, -0.2) is 23.6 Å². The first-order valence-electron chi connectivity index (χ1n) is 8.62. The summed E-state index contributed by atoms with van der Waals surface area (Å²) in [5, 5.41) is 0. The van der Waals surface area contributed by atoms with Crippen LogP contribution in [0.4, 0.5) is 11.4 Å². The summed E-state index contributed by atoms with van der Waals surface area (Å²) in [6, 6.07) is 8.95. The van der Waals surface area contributed by atoms with Gasteiger partial charge in [0.25, 0.3) is 0 Å². The molecule has 0 radical (unpaired) electrons. The molecule has 1 aliphatic rings. The zero-order valence-electron chi connectivity index (χ0n) is 15.7. The molecule has 0 unspecified atom stereocenters. The molecule has 1 heterocycles. The van der Waals surface area contributed by atoms with E-state index in [9.17, 15) is 0 Å². The normalized spacial score (nSPS) is 14.7. The molecule has 0 bridgehead atoms. The highest BCUT2D eigenvalue weighted by molar-refractivity contribution is 5.95. The second kappa shape index (κ2) is 5.97. The summed E-state index contributed by atoms with van der Waals surface area (Å²) in [6.45, 7) is 14.8. The average Bonchev–Trinajstić information content (AvgIpc) is 2.79. The lowest BCUT2D eigenvalue weighted by Gasteiger charge is -2.17. The summed E-state index contributed by atoms with van der Waals surface area (Å²) in [5.74, 6) is 0.833. The molecule has 24 heavy (non-hydrogen) atoms. The Morgan fingerprint density at radius 3 is 1.75 bits per heavy atom. The van der Waals surface area contributed by atoms with E-state index >= 15 is 0 Å². The van der Waals surface area contributed by atoms with E-state index in [1.54, 1.807) is 0 Å². The van der Waals surface area contributed by atoms with E-state index in [2.05, 4.69) is 75.3 Å². The minimum absolute atomic E-state index is 0.833. The van der Waals surface area contributed by atoms with Gasteiger partial charge < -0.3 is 0 Å². The van der Waals surface area contributed by atoms with Crippen LogP contribution in [0.15, 0.2) is 24.3 Å². The van der Waals surface area contributed by atoms with Crippen molar-refractivity contribution in [1.82, 2.24) is 0 Å². The molecule has 3 nitrogen and oxygen atoms in total. The van der Waals surface area contributed by atoms with Crippen LogP contribution in [0.25, 0.3) is 0 Å². The maximum atomic E-state index is 6.61. The predicted molar refractivity (Wildman–Crippen MR) is 103 cm³/mol. The maximum absolute atomic E-state index is 6.61. The van der Waals surface area contributed by atoms with Crippen LogP contribution in [0, 0.1) is 41.5 Å². The third kappa shape index (κ3) is 2.68. The number of nitrogens with two attached hydrogens (primary N) is 1. The minimum atomic E-state index is 0.833. The SMILES string of the molecule is Cc1cc(C)c(N2CC[N+](c3c(C)cc(C)cc3C)=C2N)c(C)c1. The molecule has 126 valence electrons. The second-order valence-corrected chi connectivity index (χ2v) is 7.16. The van der Waals surface area contributed by atoms with Crippen molar-refractivity contribution >= 4 is 17.3 Å². The summed E-state index contributed by atoms with van der Waals surface area (Å²) < 4.78 is 2.27. The summed E-state index contributed by atoms with van der Waals surface area (Å²) >= 11 is 0. The van der Waals surface area contributed by atoms with Crippen molar-refractivity contribution in [2.75, 3.05) is 18.0 Å². The smallest absolute Gasteiger partial charge is 0.290 e. The standard InChI is InChI=1S/C21H27N3/c1-13-9-15(3)19(16(4)10-13)23-7-8-24(21(23)22)20-17(5)11-14(2)12-18(20)6/h9-12,22H,7-8H2,1-6H3/p+1. The average molecular weight is 322 g/mol. The van der Waals surface area contributed by atoms with Crippen molar-refractivity contribution < 1.29 is 4.58 Å². The van der Waals surface area contributed by atoms with E-state index in [-0.39, 0.29) is 0 Å². The molecule has 0 aliphatic carbocycles. The van der Waals surface area contributed by atoms with Gasteiger partial charge in [0.05, 0.1) is 0 Å². The highest BCUT2D eigenvalue weighted by Crippen LogP contribution is 2.31. The number of hydrogen-bond donors (Lipinski definition) is 1. The van der Waals surface area contributed by atoms with Crippen LogP contribution in [0.3, 0.4) is 0 Å².